The van der Waals surface area contributed by atoms with E-state index in [2.05, 4.69) is 38.9 Å². The molecule has 3 heterocycles. The quantitative estimate of drug-likeness (QED) is 0.749. The highest BCUT2D eigenvalue weighted by Crippen LogP contribution is 2.25. The molecule has 0 atom stereocenters. The minimum Gasteiger partial charge on any atom is -0.395 e. The summed E-state index contributed by atoms with van der Waals surface area (Å²) in [6.07, 6.45) is 4.37. The van der Waals surface area contributed by atoms with E-state index in [1.165, 1.54) is 9.75 Å². The standard InChI is InChI=1S/C16H14N2OS2/c19-10-2-1-4-13-6-7-14(21-13)12-18-9-8-17-16(18)15-5-3-11-20-15/h3,5-9,11,19H,2,10,12H2. The van der Waals surface area contributed by atoms with Gasteiger partial charge in [-0.15, -0.1) is 22.7 Å². The highest BCUT2D eigenvalue weighted by atomic mass is 32.1. The molecule has 0 spiro atoms. The van der Waals surface area contributed by atoms with Crippen molar-refractivity contribution in [1.82, 2.24) is 9.55 Å². The smallest absolute Gasteiger partial charge is 0.150 e. The maximum absolute atomic E-state index is 8.73. The Bertz CT molecular complexity index is 760. The van der Waals surface area contributed by atoms with Crippen molar-refractivity contribution in [2.45, 2.75) is 13.0 Å². The number of hydrogen-bond donors (Lipinski definition) is 1. The predicted octanol–water partition coefficient (Wildman–Crippen LogP) is 3.46. The van der Waals surface area contributed by atoms with Crippen LogP contribution in [0.15, 0.2) is 42.0 Å². The van der Waals surface area contributed by atoms with Crippen LogP contribution in [0.1, 0.15) is 16.2 Å². The maximum atomic E-state index is 8.73. The number of aliphatic hydroxyl groups excluding tert-OH is 1. The molecule has 3 aromatic rings. The third kappa shape index (κ3) is 3.42. The average Bonchev–Trinajstić information content (AvgIpc) is 3.20. The Morgan fingerprint density at radius 2 is 2.24 bits per heavy atom. The first-order valence-corrected chi connectivity index (χ1v) is 8.30. The summed E-state index contributed by atoms with van der Waals surface area (Å²) in [5, 5.41) is 10.8. The zero-order valence-corrected chi connectivity index (χ0v) is 13.0. The van der Waals surface area contributed by atoms with Crippen LogP contribution in [0.25, 0.3) is 10.7 Å². The van der Waals surface area contributed by atoms with Crippen LogP contribution in [-0.4, -0.2) is 21.3 Å². The molecule has 0 saturated heterocycles. The van der Waals surface area contributed by atoms with Gasteiger partial charge in [0.2, 0.25) is 0 Å². The van der Waals surface area contributed by atoms with Crippen molar-refractivity contribution in [3.63, 3.8) is 0 Å². The molecule has 0 unspecified atom stereocenters. The van der Waals surface area contributed by atoms with Crippen LogP contribution >= 0.6 is 22.7 Å². The van der Waals surface area contributed by atoms with Crippen molar-refractivity contribution >= 4 is 22.7 Å². The van der Waals surface area contributed by atoms with Crippen LogP contribution in [0.4, 0.5) is 0 Å². The van der Waals surface area contributed by atoms with E-state index in [9.17, 15) is 0 Å². The summed E-state index contributed by atoms with van der Waals surface area (Å²) < 4.78 is 2.16. The molecule has 0 aliphatic carbocycles. The fraction of sp³-hybridized carbons (Fsp3) is 0.188. The summed E-state index contributed by atoms with van der Waals surface area (Å²) in [7, 11) is 0. The fourth-order valence-corrected chi connectivity index (χ4v) is 3.59. The van der Waals surface area contributed by atoms with Gasteiger partial charge < -0.3 is 9.67 Å². The highest BCUT2D eigenvalue weighted by molar-refractivity contribution is 7.13. The first kappa shape index (κ1) is 14.1. The second kappa shape index (κ2) is 6.72. The molecular formula is C16H14N2OS2. The van der Waals surface area contributed by atoms with Crippen molar-refractivity contribution in [1.29, 1.82) is 0 Å². The van der Waals surface area contributed by atoms with E-state index in [1.807, 2.05) is 24.5 Å². The molecule has 0 amide bonds. The van der Waals surface area contributed by atoms with Crippen molar-refractivity contribution < 1.29 is 5.11 Å². The zero-order chi connectivity index (χ0) is 14.5. The van der Waals surface area contributed by atoms with Gasteiger partial charge in [0.15, 0.2) is 0 Å². The van der Waals surface area contributed by atoms with Crippen LogP contribution < -0.4 is 0 Å². The van der Waals surface area contributed by atoms with E-state index in [0.29, 0.717) is 6.42 Å². The Hall–Kier alpha value is -1.87. The van der Waals surface area contributed by atoms with Gasteiger partial charge in [0.1, 0.15) is 5.82 Å². The fourth-order valence-electron chi connectivity index (χ4n) is 1.97. The van der Waals surface area contributed by atoms with Gasteiger partial charge in [-0.2, -0.15) is 0 Å². The Labute approximate surface area is 131 Å². The highest BCUT2D eigenvalue weighted by Gasteiger charge is 2.08. The topological polar surface area (TPSA) is 38.0 Å². The number of aromatic nitrogens is 2. The number of thiophene rings is 2. The summed E-state index contributed by atoms with van der Waals surface area (Å²) in [6, 6.07) is 8.26. The molecule has 21 heavy (non-hydrogen) atoms. The first-order valence-electron chi connectivity index (χ1n) is 6.60. The number of rotatable bonds is 4. The number of nitrogens with zero attached hydrogens (tertiary/aromatic N) is 2. The summed E-state index contributed by atoms with van der Waals surface area (Å²) >= 11 is 3.39. The second-order valence-electron chi connectivity index (χ2n) is 4.40. The Morgan fingerprint density at radius 1 is 1.29 bits per heavy atom. The van der Waals surface area contributed by atoms with Crippen molar-refractivity contribution in [3.8, 4) is 22.5 Å². The monoisotopic (exact) mass is 314 g/mol. The lowest BCUT2D eigenvalue weighted by atomic mass is 10.4. The first-order chi connectivity index (χ1) is 10.4. The molecule has 0 aromatic carbocycles. The van der Waals surface area contributed by atoms with Gasteiger partial charge in [0.05, 0.1) is 22.9 Å². The van der Waals surface area contributed by atoms with E-state index in [1.54, 1.807) is 22.7 Å². The van der Waals surface area contributed by atoms with Gasteiger partial charge in [0.25, 0.3) is 0 Å². The lowest BCUT2D eigenvalue weighted by molar-refractivity contribution is 0.305. The molecule has 0 saturated carbocycles. The molecule has 0 aliphatic heterocycles. The second-order valence-corrected chi connectivity index (χ2v) is 6.51. The van der Waals surface area contributed by atoms with Crippen LogP contribution in [0.2, 0.25) is 0 Å². The van der Waals surface area contributed by atoms with E-state index in [-0.39, 0.29) is 6.61 Å². The molecule has 0 fully saturated rings. The molecule has 0 bridgehead atoms. The van der Waals surface area contributed by atoms with Crippen molar-refractivity contribution in [3.05, 3.63) is 51.8 Å². The molecule has 3 rings (SSSR count). The number of imidazole rings is 1. The van der Waals surface area contributed by atoms with Crippen LogP contribution in [-0.2, 0) is 6.54 Å². The predicted molar refractivity (Wildman–Crippen MR) is 87.5 cm³/mol. The van der Waals surface area contributed by atoms with E-state index in [0.717, 1.165) is 17.2 Å². The third-order valence-electron chi connectivity index (χ3n) is 2.89. The lowest BCUT2D eigenvalue weighted by Crippen LogP contribution is -1.98. The number of aliphatic hydroxyl groups is 1. The van der Waals surface area contributed by atoms with Crippen molar-refractivity contribution in [2.24, 2.45) is 0 Å². The number of hydrogen-bond acceptors (Lipinski definition) is 4. The third-order valence-corrected chi connectivity index (χ3v) is 4.74. The Balaban J connectivity index is 1.76. The Morgan fingerprint density at radius 3 is 3.05 bits per heavy atom. The SMILES string of the molecule is OCCC#Cc1ccc(Cn2ccnc2-c2cccs2)s1. The molecular weight excluding hydrogens is 300 g/mol. The van der Waals surface area contributed by atoms with Gasteiger partial charge in [-0.05, 0) is 23.6 Å². The summed E-state index contributed by atoms with van der Waals surface area (Å²) in [5.74, 6) is 7.03. The summed E-state index contributed by atoms with van der Waals surface area (Å²) in [4.78, 5) is 7.91. The maximum Gasteiger partial charge on any atom is 0.150 e. The Kier molecular flexibility index (Phi) is 4.51. The van der Waals surface area contributed by atoms with E-state index in [4.69, 9.17) is 5.11 Å². The molecule has 3 aromatic heterocycles. The van der Waals surface area contributed by atoms with Crippen LogP contribution in [0.3, 0.4) is 0 Å². The van der Waals surface area contributed by atoms with Gasteiger partial charge >= 0.3 is 0 Å². The minimum absolute atomic E-state index is 0.116. The van der Waals surface area contributed by atoms with E-state index >= 15 is 0 Å². The van der Waals surface area contributed by atoms with Gasteiger partial charge in [-0.1, -0.05) is 17.9 Å². The molecule has 0 radical (unpaired) electrons. The minimum atomic E-state index is 0.116. The van der Waals surface area contributed by atoms with Crippen molar-refractivity contribution in [2.75, 3.05) is 6.61 Å². The van der Waals surface area contributed by atoms with Gasteiger partial charge in [-0.25, -0.2) is 4.98 Å². The summed E-state index contributed by atoms with van der Waals surface area (Å²) in [5.41, 5.74) is 0. The van der Waals surface area contributed by atoms with Crippen LogP contribution in [0.5, 0.6) is 0 Å². The van der Waals surface area contributed by atoms with Crippen LogP contribution in [0, 0.1) is 11.8 Å². The molecule has 5 heteroatoms. The molecule has 3 nitrogen and oxygen atoms in total. The molecule has 106 valence electrons. The largest absolute Gasteiger partial charge is 0.395 e. The van der Waals surface area contributed by atoms with Gasteiger partial charge in [-0.3, -0.25) is 0 Å². The molecule has 0 aliphatic rings. The lowest BCUT2D eigenvalue weighted by Gasteiger charge is -2.04. The average molecular weight is 314 g/mol. The van der Waals surface area contributed by atoms with E-state index < -0.39 is 0 Å². The van der Waals surface area contributed by atoms with Gasteiger partial charge in [0, 0.05) is 23.7 Å². The zero-order valence-electron chi connectivity index (χ0n) is 11.3. The molecule has 1 N–H and O–H groups in total. The summed E-state index contributed by atoms with van der Waals surface area (Å²) in [6.45, 7) is 0.921. The normalized spacial score (nSPS) is 10.3.